The van der Waals surface area contributed by atoms with Gasteiger partial charge in [-0.05, 0) is 51.0 Å². The first-order chi connectivity index (χ1) is 10.7. The van der Waals surface area contributed by atoms with E-state index in [0.717, 1.165) is 21.2 Å². The van der Waals surface area contributed by atoms with Gasteiger partial charge in [-0.1, -0.05) is 15.9 Å². The number of benzene rings is 1. The highest BCUT2D eigenvalue weighted by atomic mass is 79.9. The van der Waals surface area contributed by atoms with Crippen LogP contribution in [0, 0.1) is 6.92 Å². The lowest BCUT2D eigenvalue weighted by Gasteiger charge is -2.43. The summed E-state index contributed by atoms with van der Waals surface area (Å²) in [4.78, 5) is 28.1. The molecule has 1 aromatic carbocycles. The highest BCUT2D eigenvalue weighted by Gasteiger charge is 2.42. The number of carbonyl (C=O) groups excluding carboxylic acids is 2. The fourth-order valence-corrected chi connectivity index (χ4v) is 3.57. The molecular formula is C17H21BrN2O3. The molecule has 0 unspecified atom stereocenters. The Morgan fingerprint density at radius 1 is 1.30 bits per heavy atom. The van der Waals surface area contributed by atoms with Gasteiger partial charge in [0.15, 0.2) is 0 Å². The zero-order valence-electron chi connectivity index (χ0n) is 13.9. The Morgan fingerprint density at radius 3 is 2.57 bits per heavy atom. The maximum absolute atomic E-state index is 12.6. The Kier molecular flexibility index (Phi) is 3.91. The summed E-state index contributed by atoms with van der Waals surface area (Å²) in [5.41, 5.74) is 2.49. The number of halogens is 1. The van der Waals surface area contributed by atoms with Crippen LogP contribution in [0.5, 0.6) is 0 Å². The van der Waals surface area contributed by atoms with Gasteiger partial charge in [-0.3, -0.25) is 4.79 Å². The molecule has 0 aromatic heterocycles. The number of rotatable bonds is 1. The molecule has 0 aliphatic carbocycles. The lowest BCUT2D eigenvalue weighted by molar-refractivity contribution is -0.0125. The highest BCUT2D eigenvalue weighted by Crippen LogP contribution is 2.32. The third-order valence-corrected chi connectivity index (χ3v) is 4.67. The van der Waals surface area contributed by atoms with Crippen LogP contribution in [0.25, 0.3) is 0 Å². The Labute approximate surface area is 144 Å². The number of aryl methyl sites for hydroxylation is 1. The first-order valence-electron chi connectivity index (χ1n) is 7.73. The lowest BCUT2D eigenvalue weighted by Crippen LogP contribution is -2.61. The second-order valence-electron chi connectivity index (χ2n) is 7.22. The van der Waals surface area contributed by atoms with Gasteiger partial charge >= 0.3 is 6.09 Å². The summed E-state index contributed by atoms with van der Waals surface area (Å²) in [6.45, 7) is 9.27. The number of hydrogen-bond donors (Lipinski definition) is 0. The lowest BCUT2D eigenvalue weighted by atomic mass is 10.1. The monoisotopic (exact) mass is 380 g/mol. The summed E-state index contributed by atoms with van der Waals surface area (Å²) >= 11 is 3.45. The van der Waals surface area contributed by atoms with Crippen LogP contribution in [0.3, 0.4) is 0 Å². The van der Waals surface area contributed by atoms with Crippen LogP contribution in [0.2, 0.25) is 0 Å². The molecule has 1 fully saturated rings. The van der Waals surface area contributed by atoms with Gasteiger partial charge in [0.2, 0.25) is 0 Å². The Hall–Kier alpha value is -1.56. The first-order valence-corrected chi connectivity index (χ1v) is 8.53. The normalized spacial score (nSPS) is 18.0. The molecule has 23 heavy (non-hydrogen) atoms. The fourth-order valence-electron chi connectivity index (χ4n) is 2.99. The zero-order chi connectivity index (χ0) is 16.9. The van der Waals surface area contributed by atoms with Gasteiger partial charge in [0, 0.05) is 29.7 Å². The Morgan fingerprint density at radius 2 is 1.96 bits per heavy atom. The van der Waals surface area contributed by atoms with Gasteiger partial charge in [0.25, 0.3) is 5.91 Å². The van der Waals surface area contributed by atoms with Crippen molar-refractivity contribution in [1.82, 2.24) is 9.80 Å². The molecule has 1 aromatic rings. The number of likely N-dealkylation sites (tertiary alicyclic amines) is 1. The number of fused-ring (bicyclic) bond motifs is 1. The van der Waals surface area contributed by atoms with E-state index in [1.807, 2.05) is 44.7 Å². The molecule has 2 aliphatic rings. The molecule has 5 nitrogen and oxygen atoms in total. The Balaban J connectivity index is 1.65. The Bertz CT molecular complexity index is 675. The molecule has 0 radical (unpaired) electrons. The third-order valence-electron chi connectivity index (χ3n) is 4.21. The average Bonchev–Trinajstić information content (AvgIpc) is 2.64. The molecule has 6 heteroatoms. The summed E-state index contributed by atoms with van der Waals surface area (Å²) < 4.78 is 6.28. The summed E-state index contributed by atoms with van der Waals surface area (Å²) in [6.07, 6.45) is -0.308. The molecular weight excluding hydrogens is 360 g/mol. The minimum absolute atomic E-state index is 0.0539. The molecule has 124 valence electrons. The van der Waals surface area contributed by atoms with Crippen molar-refractivity contribution in [1.29, 1.82) is 0 Å². The molecule has 0 atom stereocenters. The second-order valence-corrected chi connectivity index (χ2v) is 8.14. The number of ether oxygens (including phenoxy) is 1. The van der Waals surface area contributed by atoms with E-state index in [9.17, 15) is 9.59 Å². The van der Waals surface area contributed by atoms with Crippen LogP contribution in [0.4, 0.5) is 4.79 Å². The summed E-state index contributed by atoms with van der Waals surface area (Å²) in [6, 6.07) is 3.99. The van der Waals surface area contributed by atoms with Crippen molar-refractivity contribution in [2.24, 2.45) is 0 Å². The zero-order valence-corrected chi connectivity index (χ0v) is 15.4. The molecule has 2 amide bonds. The van der Waals surface area contributed by atoms with E-state index >= 15 is 0 Å². The van der Waals surface area contributed by atoms with Crippen molar-refractivity contribution >= 4 is 27.9 Å². The van der Waals surface area contributed by atoms with Crippen molar-refractivity contribution in [3.8, 4) is 0 Å². The highest BCUT2D eigenvalue weighted by molar-refractivity contribution is 9.10. The minimum atomic E-state index is -0.495. The van der Waals surface area contributed by atoms with Gasteiger partial charge in [0.1, 0.15) is 5.60 Å². The first kappa shape index (κ1) is 16.3. The molecule has 2 aliphatic heterocycles. The average molecular weight is 381 g/mol. The van der Waals surface area contributed by atoms with Crippen LogP contribution in [-0.2, 0) is 11.3 Å². The fraction of sp³-hybridized carbons (Fsp3) is 0.529. The summed E-state index contributed by atoms with van der Waals surface area (Å²) in [5.74, 6) is 0.0539. The van der Waals surface area contributed by atoms with Crippen LogP contribution in [0.1, 0.15) is 42.3 Å². The second kappa shape index (κ2) is 5.51. The smallest absolute Gasteiger partial charge is 0.410 e. The van der Waals surface area contributed by atoms with Crippen LogP contribution in [-0.4, -0.2) is 46.5 Å². The topological polar surface area (TPSA) is 49.9 Å². The maximum Gasteiger partial charge on any atom is 0.410 e. The molecule has 0 N–H and O–H groups in total. The van der Waals surface area contributed by atoms with Crippen LogP contribution < -0.4 is 0 Å². The van der Waals surface area contributed by atoms with Gasteiger partial charge in [-0.25, -0.2) is 4.79 Å². The molecule has 0 spiro atoms. The predicted octanol–water partition coefficient (Wildman–Crippen LogP) is 3.33. The molecule has 0 bridgehead atoms. The van der Waals surface area contributed by atoms with Gasteiger partial charge < -0.3 is 14.5 Å². The van der Waals surface area contributed by atoms with E-state index < -0.39 is 5.60 Å². The predicted molar refractivity (Wildman–Crippen MR) is 90.3 cm³/mol. The largest absolute Gasteiger partial charge is 0.444 e. The molecule has 3 rings (SSSR count). The van der Waals surface area contributed by atoms with E-state index in [-0.39, 0.29) is 18.0 Å². The molecule has 1 saturated heterocycles. The van der Waals surface area contributed by atoms with E-state index in [0.29, 0.717) is 19.6 Å². The van der Waals surface area contributed by atoms with E-state index in [1.165, 1.54) is 0 Å². The van der Waals surface area contributed by atoms with Crippen LogP contribution in [0.15, 0.2) is 16.6 Å². The van der Waals surface area contributed by atoms with Crippen molar-refractivity contribution in [3.05, 3.63) is 33.3 Å². The third kappa shape index (κ3) is 3.09. The molecule has 2 heterocycles. The number of hydrogen-bond acceptors (Lipinski definition) is 3. The quantitative estimate of drug-likeness (QED) is 0.750. The van der Waals surface area contributed by atoms with Gasteiger partial charge in [-0.2, -0.15) is 0 Å². The van der Waals surface area contributed by atoms with E-state index in [2.05, 4.69) is 15.9 Å². The van der Waals surface area contributed by atoms with E-state index in [4.69, 9.17) is 4.74 Å². The molecule has 0 saturated carbocycles. The number of carbonyl (C=O) groups is 2. The van der Waals surface area contributed by atoms with Gasteiger partial charge in [-0.15, -0.1) is 0 Å². The summed E-state index contributed by atoms with van der Waals surface area (Å²) in [7, 11) is 0. The van der Waals surface area contributed by atoms with E-state index in [1.54, 1.807) is 4.90 Å². The minimum Gasteiger partial charge on any atom is -0.444 e. The standard InChI is InChI=1S/C17H21BrN2O3/c1-10-5-11(18)6-13-14(10)9-20(15(13)21)12-7-19(8-12)16(22)23-17(2,3)4/h5-6,12H,7-9H2,1-4H3. The number of nitrogens with zero attached hydrogens (tertiary/aromatic N) is 2. The van der Waals surface area contributed by atoms with Crippen molar-refractivity contribution < 1.29 is 14.3 Å². The summed E-state index contributed by atoms with van der Waals surface area (Å²) in [5, 5.41) is 0. The van der Waals surface area contributed by atoms with Crippen LogP contribution >= 0.6 is 15.9 Å². The van der Waals surface area contributed by atoms with Crippen molar-refractivity contribution in [2.75, 3.05) is 13.1 Å². The van der Waals surface area contributed by atoms with Crippen molar-refractivity contribution in [3.63, 3.8) is 0 Å². The van der Waals surface area contributed by atoms with Crippen molar-refractivity contribution in [2.45, 2.75) is 45.9 Å². The van der Waals surface area contributed by atoms with Gasteiger partial charge in [0.05, 0.1) is 6.04 Å². The maximum atomic E-state index is 12.6. The number of amides is 2. The SMILES string of the molecule is Cc1cc(Br)cc2c1CN(C1CN(C(=O)OC(C)(C)C)C1)C2=O.